The molecule has 3 rings (SSSR count). The first-order chi connectivity index (χ1) is 10.1. The summed E-state index contributed by atoms with van der Waals surface area (Å²) in [5.74, 6) is 0.0963. The van der Waals surface area contributed by atoms with Crippen molar-refractivity contribution in [2.45, 2.75) is 25.8 Å². The van der Waals surface area contributed by atoms with E-state index < -0.39 is 0 Å². The number of nitrogens with zero attached hydrogens (tertiary/aromatic N) is 1. The zero-order valence-electron chi connectivity index (χ0n) is 12.3. The number of amides is 1. The predicted octanol–water partition coefficient (Wildman–Crippen LogP) is 3.55. The number of anilines is 1. The second kappa shape index (κ2) is 5.60. The lowest BCUT2D eigenvalue weighted by Crippen LogP contribution is -2.30. The quantitative estimate of drug-likeness (QED) is 0.855. The fourth-order valence-corrected chi connectivity index (χ4v) is 3.03. The number of hydrogen-bond donors (Lipinski definition) is 1. The van der Waals surface area contributed by atoms with Crippen LogP contribution in [0.3, 0.4) is 0 Å². The fourth-order valence-electron chi connectivity index (χ4n) is 3.03. The SMILES string of the molecule is Cc1cccc(C2CCCN2C(=O)c2ccc(N)cc2)c1. The van der Waals surface area contributed by atoms with Crippen molar-refractivity contribution in [1.29, 1.82) is 0 Å². The number of benzene rings is 2. The summed E-state index contributed by atoms with van der Waals surface area (Å²) in [5.41, 5.74) is 9.55. The van der Waals surface area contributed by atoms with Gasteiger partial charge in [0.05, 0.1) is 6.04 Å². The minimum absolute atomic E-state index is 0.0963. The monoisotopic (exact) mass is 280 g/mol. The molecular formula is C18H20N2O. The molecule has 0 bridgehead atoms. The van der Waals surface area contributed by atoms with Crippen LogP contribution in [0.2, 0.25) is 0 Å². The fraction of sp³-hybridized carbons (Fsp3) is 0.278. The topological polar surface area (TPSA) is 46.3 Å². The lowest BCUT2D eigenvalue weighted by Gasteiger charge is -2.25. The summed E-state index contributed by atoms with van der Waals surface area (Å²) >= 11 is 0. The molecule has 3 heteroatoms. The van der Waals surface area contributed by atoms with Gasteiger partial charge in [0, 0.05) is 17.8 Å². The smallest absolute Gasteiger partial charge is 0.254 e. The molecule has 0 spiro atoms. The maximum absolute atomic E-state index is 12.7. The Bertz CT molecular complexity index is 649. The van der Waals surface area contributed by atoms with E-state index in [1.807, 2.05) is 17.0 Å². The van der Waals surface area contributed by atoms with Crippen LogP contribution >= 0.6 is 0 Å². The number of nitrogen functional groups attached to an aromatic ring is 1. The van der Waals surface area contributed by atoms with Crippen LogP contribution in [0.25, 0.3) is 0 Å². The van der Waals surface area contributed by atoms with E-state index in [9.17, 15) is 4.79 Å². The van der Waals surface area contributed by atoms with Crippen molar-refractivity contribution in [2.24, 2.45) is 0 Å². The third-order valence-electron chi connectivity index (χ3n) is 4.10. The third-order valence-corrected chi connectivity index (χ3v) is 4.10. The Balaban J connectivity index is 1.87. The molecule has 3 nitrogen and oxygen atoms in total. The molecule has 1 heterocycles. The average molecular weight is 280 g/mol. The molecule has 2 aromatic rings. The van der Waals surface area contributed by atoms with Crippen molar-refractivity contribution in [3.63, 3.8) is 0 Å². The molecule has 1 aliphatic rings. The minimum Gasteiger partial charge on any atom is -0.399 e. The van der Waals surface area contributed by atoms with Crippen molar-refractivity contribution in [2.75, 3.05) is 12.3 Å². The summed E-state index contributed by atoms with van der Waals surface area (Å²) in [6, 6.07) is 15.8. The van der Waals surface area contributed by atoms with Gasteiger partial charge in [0.15, 0.2) is 0 Å². The Morgan fingerprint density at radius 3 is 2.67 bits per heavy atom. The molecule has 1 saturated heterocycles. The third kappa shape index (κ3) is 2.77. The van der Waals surface area contributed by atoms with Gasteiger partial charge in [-0.1, -0.05) is 29.8 Å². The number of carbonyl (C=O) groups excluding carboxylic acids is 1. The number of rotatable bonds is 2. The summed E-state index contributed by atoms with van der Waals surface area (Å²) in [5, 5.41) is 0. The van der Waals surface area contributed by atoms with Gasteiger partial charge < -0.3 is 10.6 Å². The van der Waals surface area contributed by atoms with Crippen LogP contribution in [0, 0.1) is 6.92 Å². The van der Waals surface area contributed by atoms with E-state index in [2.05, 4.69) is 31.2 Å². The first-order valence-electron chi connectivity index (χ1n) is 7.38. The molecule has 1 aliphatic heterocycles. The zero-order valence-corrected chi connectivity index (χ0v) is 12.3. The molecule has 0 aliphatic carbocycles. The van der Waals surface area contributed by atoms with Gasteiger partial charge in [-0.2, -0.15) is 0 Å². The Morgan fingerprint density at radius 2 is 1.95 bits per heavy atom. The van der Waals surface area contributed by atoms with E-state index >= 15 is 0 Å². The van der Waals surface area contributed by atoms with Gasteiger partial charge in [0.1, 0.15) is 0 Å². The highest BCUT2D eigenvalue weighted by Crippen LogP contribution is 2.33. The normalized spacial score (nSPS) is 18.0. The van der Waals surface area contributed by atoms with E-state index in [0.29, 0.717) is 11.3 Å². The number of likely N-dealkylation sites (tertiary alicyclic amines) is 1. The first kappa shape index (κ1) is 13.7. The molecule has 1 atom stereocenters. The second-order valence-electron chi connectivity index (χ2n) is 5.69. The van der Waals surface area contributed by atoms with Crippen molar-refractivity contribution in [3.8, 4) is 0 Å². The van der Waals surface area contributed by atoms with Crippen LogP contribution < -0.4 is 5.73 Å². The molecule has 2 aromatic carbocycles. The van der Waals surface area contributed by atoms with Crippen LogP contribution in [0.15, 0.2) is 48.5 Å². The summed E-state index contributed by atoms with van der Waals surface area (Å²) in [7, 11) is 0. The van der Waals surface area contributed by atoms with Gasteiger partial charge >= 0.3 is 0 Å². The largest absolute Gasteiger partial charge is 0.399 e. The molecule has 108 valence electrons. The Kier molecular flexibility index (Phi) is 3.65. The van der Waals surface area contributed by atoms with Gasteiger partial charge in [-0.3, -0.25) is 4.79 Å². The van der Waals surface area contributed by atoms with Crippen molar-refractivity contribution in [3.05, 3.63) is 65.2 Å². The second-order valence-corrected chi connectivity index (χ2v) is 5.69. The first-order valence-corrected chi connectivity index (χ1v) is 7.38. The molecule has 0 aromatic heterocycles. The van der Waals surface area contributed by atoms with E-state index in [-0.39, 0.29) is 11.9 Å². The van der Waals surface area contributed by atoms with E-state index in [4.69, 9.17) is 5.73 Å². The highest BCUT2D eigenvalue weighted by molar-refractivity contribution is 5.95. The summed E-state index contributed by atoms with van der Waals surface area (Å²) < 4.78 is 0. The van der Waals surface area contributed by atoms with Gasteiger partial charge in [-0.25, -0.2) is 0 Å². The van der Waals surface area contributed by atoms with Crippen LogP contribution in [0.1, 0.15) is 40.4 Å². The predicted molar refractivity (Wildman–Crippen MR) is 85.0 cm³/mol. The van der Waals surface area contributed by atoms with E-state index in [1.54, 1.807) is 12.1 Å². The molecule has 2 N–H and O–H groups in total. The van der Waals surface area contributed by atoms with Crippen LogP contribution in [0.5, 0.6) is 0 Å². The number of hydrogen-bond acceptors (Lipinski definition) is 2. The van der Waals surface area contributed by atoms with Gasteiger partial charge in [0.25, 0.3) is 5.91 Å². The number of aryl methyl sites for hydroxylation is 1. The zero-order chi connectivity index (χ0) is 14.8. The lowest BCUT2D eigenvalue weighted by molar-refractivity contribution is 0.0735. The number of nitrogens with two attached hydrogens (primary N) is 1. The van der Waals surface area contributed by atoms with Crippen molar-refractivity contribution < 1.29 is 4.79 Å². The van der Waals surface area contributed by atoms with Crippen LogP contribution in [0.4, 0.5) is 5.69 Å². The molecule has 21 heavy (non-hydrogen) atoms. The molecule has 1 unspecified atom stereocenters. The molecule has 0 radical (unpaired) electrons. The lowest BCUT2D eigenvalue weighted by atomic mass is 10.0. The van der Waals surface area contributed by atoms with Crippen LogP contribution in [-0.4, -0.2) is 17.4 Å². The summed E-state index contributed by atoms with van der Waals surface area (Å²) in [6.07, 6.45) is 2.09. The molecule has 1 fully saturated rings. The van der Waals surface area contributed by atoms with E-state index in [0.717, 1.165) is 19.4 Å². The Morgan fingerprint density at radius 1 is 1.19 bits per heavy atom. The highest BCUT2D eigenvalue weighted by Gasteiger charge is 2.30. The maximum atomic E-state index is 12.7. The standard InChI is InChI=1S/C18H20N2O/c1-13-4-2-5-15(12-13)17-6-3-11-20(17)18(21)14-7-9-16(19)10-8-14/h2,4-5,7-10,12,17H,3,6,11,19H2,1H3. The summed E-state index contributed by atoms with van der Waals surface area (Å²) in [4.78, 5) is 14.7. The van der Waals surface area contributed by atoms with E-state index in [1.165, 1.54) is 11.1 Å². The number of carbonyl (C=O) groups is 1. The van der Waals surface area contributed by atoms with Crippen molar-refractivity contribution >= 4 is 11.6 Å². The summed E-state index contributed by atoms with van der Waals surface area (Å²) in [6.45, 7) is 2.91. The average Bonchev–Trinajstić information content (AvgIpc) is 2.97. The minimum atomic E-state index is 0.0963. The molecular weight excluding hydrogens is 260 g/mol. The molecule has 1 amide bonds. The van der Waals surface area contributed by atoms with Crippen molar-refractivity contribution in [1.82, 2.24) is 4.90 Å². The van der Waals surface area contributed by atoms with Gasteiger partial charge in [0.2, 0.25) is 0 Å². The Labute approximate surface area is 125 Å². The van der Waals surface area contributed by atoms with Crippen LogP contribution in [-0.2, 0) is 0 Å². The molecule has 0 saturated carbocycles. The van der Waals surface area contributed by atoms with Gasteiger partial charge in [-0.15, -0.1) is 0 Å². The highest BCUT2D eigenvalue weighted by atomic mass is 16.2. The van der Waals surface area contributed by atoms with Gasteiger partial charge in [-0.05, 0) is 49.6 Å². The Hall–Kier alpha value is -2.29. The maximum Gasteiger partial charge on any atom is 0.254 e.